The molecule has 5 atom stereocenters. The zero-order valence-corrected chi connectivity index (χ0v) is 27.3. The maximum Gasteiger partial charge on any atom is 0.246 e. The van der Waals surface area contributed by atoms with Crippen molar-refractivity contribution in [2.45, 2.75) is 58.5 Å². The Morgan fingerprint density at radius 2 is 1.84 bits per heavy atom. The number of allylic oxidation sites excluding steroid dienone is 2. The first kappa shape index (κ1) is 38.0. The maximum atomic E-state index is 13.6. The molecule has 0 saturated carbocycles. The monoisotopic (exact) mass is 624 g/mol. The zero-order valence-electron chi connectivity index (χ0n) is 26.5. The summed E-state index contributed by atoms with van der Waals surface area (Å²) in [4.78, 5) is 43.6. The molecule has 244 valence electrons. The van der Waals surface area contributed by atoms with Gasteiger partial charge in [-0.1, -0.05) is 50.7 Å². The molecule has 0 spiro atoms. The Labute approximate surface area is 259 Å². The van der Waals surface area contributed by atoms with E-state index in [1.54, 1.807) is 30.0 Å². The summed E-state index contributed by atoms with van der Waals surface area (Å²) in [6.07, 6.45) is 5.43. The lowest BCUT2D eigenvalue weighted by Crippen LogP contribution is -2.57. The number of likely N-dealkylation sites (N-methyl/N-ethyl adjacent to an activating group) is 1. The van der Waals surface area contributed by atoms with E-state index in [1.807, 2.05) is 26.8 Å². The smallest absolute Gasteiger partial charge is 0.246 e. The fourth-order valence-corrected chi connectivity index (χ4v) is 5.22. The second kappa shape index (κ2) is 19.3. The highest BCUT2D eigenvalue weighted by Gasteiger charge is 2.38. The lowest BCUT2D eigenvalue weighted by atomic mass is 9.99. The van der Waals surface area contributed by atoms with Crippen LogP contribution in [0.15, 0.2) is 49.4 Å². The number of ether oxygens (including phenoxy) is 2. The molecule has 3 amide bonds. The van der Waals surface area contributed by atoms with Gasteiger partial charge in [0.2, 0.25) is 24.1 Å². The van der Waals surface area contributed by atoms with Gasteiger partial charge < -0.3 is 39.4 Å². The summed E-state index contributed by atoms with van der Waals surface area (Å²) in [7, 11) is 4.60. The van der Waals surface area contributed by atoms with Gasteiger partial charge in [0.05, 0.1) is 12.0 Å². The van der Waals surface area contributed by atoms with Crippen molar-refractivity contribution in [3.05, 3.63) is 49.4 Å². The first-order valence-electron chi connectivity index (χ1n) is 14.4. The third-order valence-corrected chi connectivity index (χ3v) is 7.95. The Bertz CT molecular complexity index is 1030. The quantitative estimate of drug-likeness (QED) is 0.0680. The van der Waals surface area contributed by atoms with Crippen molar-refractivity contribution >= 4 is 28.8 Å². The second-order valence-electron chi connectivity index (χ2n) is 10.7. The fourth-order valence-electron chi connectivity index (χ4n) is 4.87. The number of likely N-dealkylation sites (tertiary alicyclic amines) is 1. The molecule has 1 fully saturated rings. The maximum absolute atomic E-state index is 13.6. The summed E-state index contributed by atoms with van der Waals surface area (Å²) in [5, 5.41) is 6.07. The van der Waals surface area contributed by atoms with Gasteiger partial charge in [0, 0.05) is 64.6 Å². The minimum absolute atomic E-state index is 0.0313. The molecule has 0 bridgehead atoms. The molecule has 1 aliphatic rings. The van der Waals surface area contributed by atoms with Gasteiger partial charge in [-0.2, -0.15) is 0 Å². The molecule has 0 radical (unpaired) electrons. The number of carbonyl (C=O) groups is 3. The van der Waals surface area contributed by atoms with Crippen molar-refractivity contribution in [3.63, 3.8) is 0 Å². The molecule has 13 heteroatoms. The molecule has 1 heterocycles. The lowest BCUT2D eigenvalue weighted by molar-refractivity contribution is -0.147. The molecule has 1 saturated heterocycles. The molecule has 0 aromatic heterocycles. The summed E-state index contributed by atoms with van der Waals surface area (Å²) >= 11 is -2.33. The van der Waals surface area contributed by atoms with Crippen LogP contribution in [0, 0.1) is 11.8 Å². The Morgan fingerprint density at radius 3 is 2.37 bits per heavy atom. The van der Waals surface area contributed by atoms with Crippen molar-refractivity contribution in [2.24, 2.45) is 11.8 Å². The molecule has 1 aliphatic heterocycles. The normalized spacial score (nSPS) is 17.9. The number of amides is 3. The molecular weight excluding hydrogens is 574 g/mol. The predicted molar refractivity (Wildman–Crippen MR) is 167 cm³/mol. The van der Waals surface area contributed by atoms with Crippen molar-refractivity contribution in [2.75, 3.05) is 53.2 Å². The Balaban J connectivity index is 3.06. The molecule has 1 rings (SSSR count). The molecular formula is C30H50N5O7S-. The Kier molecular flexibility index (Phi) is 17.1. The van der Waals surface area contributed by atoms with E-state index in [0.717, 1.165) is 12.1 Å². The van der Waals surface area contributed by atoms with Crippen LogP contribution in [0.3, 0.4) is 0 Å². The summed E-state index contributed by atoms with van der Waals surface area (Å²) in [5.74, 6) is -1.80. The molecule has 12 nitrogen and oxygen atoms in total. The van der Waals surface area contributed by atoms with Gasteiger partial charge >= 0.3 is 0 Å². The van der Waals surface area contributed by atoms with Crippen molar-refractivity contribution in [1.82, 2.24) is 25.3 Å². The van der Waals surface area contributed by atoms with E-state index in [1.165, 1.54) is 18.1 Å². The number of hydrogen-bond acceptors (Lipinski definition) is 9. The minimum atomic E-state index is -2.33. The average Bonchev–Trinajstić information content (AvgIpc) is 3.47. The van der Waals surface area contributed by atoms with Gasteiger partial charge in [0.25, 0.3) is 0 Å². The van der Waals surface area contributed by atoms with Crippen molar-refractivity contribution in [3.8, 4) is 0 Å². The van der Waals surface area contributed by atoms with Gasteiger partial charge in [-0.05, 0) is 44.3 Å². The Hall–Kier alpha value is -3.00. The number of methoxy groups -OCH3 is 2. The van der Waals surface area contributed by atoms with E-state index in [-0.39, 0.29) is 42.7 Å². The number of nitrogens with one attached hydrogen (secondary N) is 2. The van der Waals surface area contributed by atoms with Gasteiger partial charge in [0.1, 0.15) is 6.04 Å². The number of hydrogen-bond donors (Lipinski definition) is 2. The molecule has 2 unspecified atom stereocenters. The third-order valence-electron chi connectivity index (χ3n) is 7.43. The van der Waals surface area contributed by atoms with Crippen molar-refractivity contribution < 1.29 is 32.6 Å². The topological polar surface area (TPSA) is 144 Å². The summed E-state index contributed by atoms with van der Waals surface area (Å²) in [6, 6.07) is -0.838. The summed E-state index contributed by atoms with van der Waals surface area (Å²) < 4.78 is 33.8. The standard InChI is InChI=1S/C30H51N5O7S/c1-10-25(14-12-13-16-31-22(5)23(6)41-8)35(18-19-43(39)40)30(42-9)32-28(37)27(21(3)4)33(7)29(38)24-15-17-34(20-24)26(36)11-2/h10-11,14,21,23-24,27,30-31H,1-2,5,12-13,15-20H2,3-4,6-9H3,(H,32,37)(H,39,40)/p-1/b25-14+/t23-,24-,27-,30?/m0/s1. The molecule has 0 aromatic carbocycles. The van der Waals surface area contributed by atoms with Gasteiger partial charge in [-0.3, -0.25) is 18.6 Å². The van der Waals surface area contributed by atoms with Crippen LogP contribution in [0.25, 0.3) is 0 Å². The molecule has 2 N–H and O–H groups in total. The SMILES string of the molecule is C=CC(=O)N1CC[C@H](C(=O)N(C)[C@H](C(=O)NC(OC)N(CCS(=O)[O-])/C(C=C)=C/CCCNC(=C)[C@H](C)OC)C(C)C)C1. The van der Waals surface area contributed by atoms with Crippen LogP contribution in [0.1, 0.15) is 40.0 Å². The third kappa shape index (κ3) is 11.9. The van der Waals surface area contributed by atoms with E-state index in [9.17, 15) is 23.1 Å². The van der Waals surface area contributed by atoms with Crippen LogP contribution in [0.4, 0.5) is 0 Å². The molecule has 0 aliphatic carbocycles. The van der Waals surface area contributed by atoms with Crippen LogP contribution in [-0.4, -0.2) is 113 Å². The van der Waals surface area contributed by atoms with Crippen LogP contribution in [0.5, 0.6) is 0 Å². The number of carbonyl (C=O) groups excluding carboxylic acids is 3. The predicted octanol–water partition coefficient (Wildman–Crippen LogP) is 1.72. The largest absolute Gasteiger partial charge is 0.772 e. The second-order valence-corrected chi connectivity index (χ2v) is 11.7. The van der Waals surface area contributed by atoms with E-state index in [0.29, 0.717) is 31.6 Å². The number of rotatable bonds is 20. The summed E-state index contributed by atoms with van der Waals surface area (Å²) in [6.45, 7) is 18.3. The minimum Gasteiger partial charge on any atom is -0.772 e. The highest BCUT2D eigenvalue weighted by atomic mass is 32.2. The van der Waals surface area contributed by atoms with Crippen LogP contribution in [0.2, 0.25) is 0 Å². The Morgan fingerprint density at radius 1 is 1.16 bits per heavy atom. The van der Waals surface area contributed by atoms with Gasteiger partial charge in [-0.15, -0.1) is 0 Å². The summed E-state index contributed by atoms with van der Waals surface area (Å²) in [5.41, 5.74) is 1.36. The lowest BCUT2D eigenvalue weighted by Gasteiger charge is -2.37. The van der Waals surface area contributed by atoms with E-state index < -0.39 is 35.3 Å². The number of unbranched alkanes of at least 4 members (excludes halogenated alkanes) is 1. The van der Waals surface area contributed by atoms with E-state index in [4.69, 9.17) is 9.47 Å². The highest BCUT2D eigenvalue weighted by Crippen LogP contribution is 2.22. The van der Waals surface area contributed by atoms with Crippen LogP contribution in [-0.2, 0) is 34.9 Å². The van der Waals surface area contributed by atoms with Crippen molar-refractivity contribution in [1.29, 1.82) is 0 Å². The van der Waals surface area contributed by atoms with Gasteiger partial charge in [0.15, 0.2) is 0 Å². The van der Waals surface area contributed by atoms with Gasteiger partial charge in [-0.25, -0.2) is 0 Å². The van der Waals surface area contributed by atoms with Crippen LogP contribution < -0.4 is 10.6 Å². The molecule has 0 aromatic rings. The highest BCUT2D eigenvalue weighted by molar-refractivity contribution is 7.79. The average molecular weight is 625 g/mol. The fraction of sp³-hybridized carbons (Fsp3) is 0.633. The molecule has 43 heavy (non-hydrogen) atoms. The van der Waals surface area contributed by atoms with E-state index in [2.05, 4.69) is 30.4 Å². The first-order valence-corrected chi connectivity index (χ1v) is 15.7. The zero-order chi connectivity index (χ0) is 32.7. The van der Waals surface area contributed by atoms with E-state index >= 15 is 0 Å². The van der Waals surface area contributed by atoms with Crippen LogP contribution >= 0.6 is 0 Å². The first-order chi connectivity index (χ1) is 20.3. The number of nitrogens with zero attached hydrogens (tertiary/aromatic N) is 3.